The number of nitrogens with zero attached hydrogens (tertiary/aromatic N) is 2. The Bertz CT molecular complexity index is 1830. The van der Waals surface area contributed by atoms with E-state index < -0.39 is 77.8 Å². The highest BCUT2D eigenvalue weighted by Crippen LogP contribution is 2.40. The van der Waals surface area contributed by atoms with Crippen molar-refractivity contribution in [1.82, 2.24) is 10.2 Å². The van der Waals surface area contributed by atoms with Crippen LogP contribution in [0.1, 0.15) is 79.7 Å². The maximum absolute atomic E-state index is 14.5. The van der Waals surface area contributed by atoms with E-state index in [2.05, 4.69) is 10.5 Å². The number of carbonyl (C=O) groups is 3. The van der Waals surface area contributed by atoms with Gasteiger partial charge in [-0.3, -0.25) is 9.59 Å². The summed E-state index contributed by atoms with van der Waals surface area (Å²) in [5.74, 6) is -1.95. The van der Waals surface area contributed by atoms with Crippen molar-refractivity contribution in [1.29, 1.82) is 0 Å². The van der Waals surface area contributed by atoms with Gasteiger partial charge in [-0.25, -0.2) is 4.79 Å². The molecule has 0 spiro atoms. The third kappa shape index (κ3) is 10.3. The molecular weight excluding hydrogens is 775 g/mol. The predicted octanol–water partition coefficient (Wildman–Crippen LogP) is 5.45. The molecule has 2 aromatic carbocycles. The first-order chi connectivity index (χ1) is 28.5. The van der Waals surface area contributed by atoms with Crippen LogP contribution in [0.3, 0.4) is 0 Å². The van der Waals surface area contributed by atoms with Crippen LogP contribution >= 0.6 is 0 Å². The van der Waals surface area contributed by atoms with E-state index in [4.69, 9.17) is 38.0 Å². The summed E-state index contributed by atoms with van der Waals surface area (Å²) in [4.78, 5) is 49.4. The van der Waals surface area contributed by atoms with Crippen molar-refractivity contribution >= 4 is 23.6 Å². The second-order valence-electron chi connectivity index (χ2n) is 17.5. The molecule has 4 saturated heterocycles. The Labute approximate surface area is 353 Å². The zero-order chi connectivity index (χ0) is 43.4. The largest absolute Gasteiger partial charge is 0.489 e. The molecule has 0 radical (unpaired) electrons. The fourth-order valence-electron chi connectivity index (χ4n) is 8.98. The van der Waals surface area contributed by atoms with Gasteiger partial charge in [0.05, 0.1) is 49.1 Å². The van der Waals surface area contributed by atoms with Crippen molar-refractivity contribution in [3.05, 3.63) is 60.2 Å². The van der Waals surface area contributed by atoms with Crippen LogP contribution < -0.4 is 14.9 Å². The number of cyclic esters (lactones) is 1. The molecule has 3 unspecified atom stereocenters. The number of ether oxygens (including phenoxy) is 7. The summed E-state index contributed by atoms with van der Waals surface area (Å²) in [5.41, 5.74) is -1.18. The first-order valence-electron chi connectivity index (χ1n) is 21.2. The Morgan fingerprint density at radius 3 is 2.40 bits per heavy atom. The van der Waals surface area contributed by atoms with E-state index in [0.717, 1.165) is 5.56 Å². The molecular formula is C45H63N3O12. The van der Waals surface area contributed by atoms with Gasteiger partial charge < -0.3 is 53.3 Å². The average Bonchev–Trinajstić information content (AvgIpc) is 3.56. The van der Waals surface area contributed by atoms with Crippen molar-refractivity contribution in [2.24, 2.45) is 22.9 Å². The summed E-state index contributed by atoms with van der Waals surface area (Å²) in [6.07, 6.45) is -4.45. The van der Waals surface area contributed by atoms with Crippen LogP contribution in [0.4, 0.5) is 4.79 Å². The second kappa shape index (κ2) is 19.3. The summed E-state index contributed by atoms with van der Waals surface area (Å²) >= 11 is 0. The maximum atomic E-state index is 14.5. The number of hydrogen-bond donors (Lipinski definition) is 2. The van der Waals surface area contributed by atoms with E-state index in [-0.39, 0.29) is 44.0 Å². The number of oxime groups is 1. The fraction of sp³-hybridized carbons (Fsp3) is 0.644. The number of aliphatic hydroxyl groups excluding tert-OH is 1. The molecule has 2 bridgehead atoms. The minimum atomic E-state index is -1.33. The summed E-state index contributed by atoms with van der Waals surface area (Å²) in [6, 6.07) is 15.9. The van der Waals surface area contributed by atoms with Gasteiger partial charge in [-0.1, -0.05) is 62.3 Å². The molecule has 2 N–H and O–H groups in total. The summed E-state index contributed by atoms with van der Waals surface area (Å²) < 4.78 is 44.5. The lowest BCUT2D eigenvalue weighted by atomic mass is 9.75. The molecule has 0 aliphatic carbocycles. The van der Waals surface area contributed by atoms with Gasteiger partial charge in [0.25, 0.3) is 0 Å². The summed E-state index contributed by atoms with van der Waals surface area (Å²) in [6.45, 7) is 12.8. The highest BCUT2D eigenvalue weighted by Gasteiger charge is 2.57. The maximum Gasteiger partial charge on any atom is 0.408 e. The molecule has 15 nitrogen and oxygen atoms in total. The first kappa shape index (κ1) is 45.4. The van der Waals surface area contributed by atoms with Gasteiger partial charge in [0.15, 0.2) is 17.6 Å². The zero-order valence-corrected chi connectivity index (χ0v) is 36.3. The standard InChI is InChI=1S/C45H63N3O12/c1-10-36-45(7)40(46-43(52)59-45)29(5)38(49)26(2)22-44(6)37(58-42-39(50)34(48(8)9)19-27(3)56-42)21-35(28(4)41(51)57-36)54-24-31(25-55-44)47-60-33-18-14-17-32(20-33)53-23-30-15-12-11-13-16-30/h11-18,20,26-29,34-37,39-40,42,50H,10,19,21-25H2,1-9H3,(H,46,52)/b47-31+/t26-,27-,28-,29+,34+,35-,36-,37-,39-,40?,42?,44+,45?/m1/s1. The van der Waals surface area contributed by atoms with Crippen LogP contribution in [-0.2, 0) is 44.6 Å². The Hall–Kier alpha value is -4.12. The number of hydrogen-bond acceptors (Lipinski definition) is 14. The lowest BCUT2D eigenvalue weighted by Crippen LogP contribution is -2.59. The van der Waals surface area contributed by atoms with Crippen molar-refractivity contribution in [3.8, 4) is 11.5 Å². The number of carbonyl (C=O) groups excluding carboxylic acids is 3. The normalized spacial score (nSPS) is 37.5. The number of alkyl carbamates (subject to hydrolysis) is 1. The van der Waals surface area contributed by atoms with Gasteiger partial charge >= 0.3 is 12.1 Å². The van der Waals surface area contributed by atoms with Crippen LogP contribution in [-0.4, -0.2) is 121 Å². The molecule has 15 heteroatoms. The van der Waals surface area contributed by atoms with Gasteiger partial charge in [0, 0.05) is 30.4 Å². The third-order valence-electron chi connectivity index (χ3n) is 12.6. The highest BCUT2D eigenvalue weighted by atomic mass is 16.7. The fourth-order valence-corrected chi connectivity index (χ4v) is 8.98. The van der Waals surface area contributed by atoms with Crippen molar-refractivity contribution in [2.45, 2.75) is 141 Å². The van der Waals surface area contributed by atoms with Gasteiger partial charge in [-0.05, 0) is 78.7 Å². The Balaban J connectivity index is 1.36. The number of benzene rings is 2. The van der Waals surface area contributed by atoms with E-state index in [0.29, 0.717) is 36.7 Å². The first-order valence-corrected chi connectivity index (χ1v) is 21.2. The lowest BCUT2D eigenvalue weighted by molar-refractivity contribution is -0.294. The number of aliphatic hydroxyl groups is 1. The molecule has 1 amide bonds. The van der Waals surface area contributed by atoms with Crippen molar-refractivity contribution < 1.29 is 57.5 Å². The Kier molecular flexibility index (Phi) is 14.6. The number of ketones is 1. The highest BCUT2D eigenvalue weighted by molar-refractivity contribution is 5.87. The Morgan fingerprint density at radius 1 is 0.950 bits per heavy atom. The van der Waals surface area contributed by atoms with Crippen molar-refractivity contribution in [3.63, 3.8) is 0 Å². The molecule has 4 heterocycles. The van der Waals surface area contributed by atoms with Crippen LogP contribution in [0.2, 0.25) is 0 Å². The van der Waals surface area contributed by atoms with Crippen LogP contribution in [0.15, 0.2) is 59.8 Å². The van der Waals surface area contributed by atoms with E-state index in [1.54, 1.807) is 39.0 Å². The average molecular weight is 838 g/mol. The minimum Gasteiger partial charge on any atom is -0.489 e. The predicted molar refractivity (Wildman–Crippen MR) is 220 cm³/mol. The van der Waals surface area contributed by atoms with Crippen molar-refractivity contribution in [2.75, 3.05) is 27.3 Å². The van der Waals surface area contributed by atoms with Crippen LogP contribution in [0.25, 0.3) is 0 Å². The molecule has 4 aliphatic rings. The second-order valence-corrected chi connectivity index (χ2v) is 17.5. The smallest absolute Gasteiger partial charge is 0.408 e. The number of amides is 1. The molecule has 60 heavy (non-hydrogen) atoms. The molecule has 330 valence electrons. The van der Waals surface area contributed by atoms with E-state index in [9.17, 15) is 19.5 Å². The molecule has 0 saturated carbocycles. The minimum absolute atomic E-state index is 0.0817. The number of fused-ring (bicyclic) bond motifs is 4. The summed E-state index contributed by atoms with van der Waals surface area (Å²) in [5, 5.41) is 18.9. The molecule has 0 aromatic heterocycles. The zero-order valence-electron chi connectivity index (χ0n) is 36.3. The monoisotopic (exact) mass is 837 g/mol. The number of nitrogens with one attached hydrogen (secondary N) is 1. The van der Waals surface area contributed by atoms with Gasteiger partial charge in [0.2, 0.25) is 0 Å². The molecule has 13 atom stereocenters. The SMILES string of the molecule is CC[C@H]1OC(=O)[C@H](C)[C@H]2C[C@@H](OC3O[C@H](C)C[C@H](N(C)C)[C@H]3O)[C@](C)(C[C@@H](C)C(=O)[C@H](C)C3NC(=O)OC31C)OC/C(=N/Oc1cccc(OCc3ccccc3)c1)CO2. The number of rotatable bonds is 9. The molecule has 4 fully saturated rings. The quantitative estimate of drug-likeness (QED) is 0.242. The molecule has 4 aliphatic heterocycles. The molecule has 6 rings (SSSR count). The summed E-state index contributed by atoms with van der Waals surface area (Å²) in [7, 11) is 3.80. The molecule has 2 aromatic rings. The van der Waals surface area contributed by atoms with Crippen LogP contribution in [0.5, 0.6) is 11.5 Å². The van der Waals surface area contributed by atoms with E-state index in [1.807, 2.05) is 83.1 Å². The number of Topliss-reactive ketones (excluding diaryl/α,β-unsaturated/α-hetero) is 1. The number of likely N-dealkylation sites (N-methyl/N-ethyl adjacent to an activating group) is 1. The number of esters is 1. The lowest BCUT2D eigenvalue weighted by Gasteiger charge is -2.46. The van der Waals surface area contributed by atoms with Gasteiger partial charge in [-0.15, -0.1) is 0 Å². The van der Waals surface area contributed by atoms with Crippen LogP contribution in [0, 0.1) is 17.8 Å². The van der Waals surface area contributed by atoms with E-state index >= 15 is 0 Å². The van der Waals surface area contributed by atoms with Gasteiger partial charge in [0.1, 0.15) is 36.1 Å². The van der Waals surface area contributed by atoms with E-state index in [1.165, 1.54) is 0 Å². The van der Waals surface area contributed by atoms with Gasteiger partial charge in [-0.2, -0.15) is 0 Å². The topological polar surface area (TPSA) is 173 Å². The third-order valence-corrected chi connectivity index (χ3v) is 12.6. The Morgan fingerprint density at radius 2 is 1.68 bits per heavy atom.